The average molecular weight is 178 g/mol. The minimum atomic E-state index is -0.556. The molecule has 2 heteroatoms. The van der Waals surface area contributed by atoms with Crippen LogP contribution in [0.3, 0.4) is 0 Å². The molecule has 0 spiro atoms. The fraction of sp³-hybridized carbons (Fsp3) is 0.364. The predicted octanol–water partition coefficient (Wildman–Crippen LogP) is 1.77. The Morgan fingerprint density at radius 3 is 2.85 bits per heavy atom. The van der Waals surface area contributed by atoms with Gasteiger partial charge in [-0.2, -0.15) is 0 Å². The van der Waals surface area contributed by atoms with Crippen LogP contribution in [0.15, 0.2) is 36.0 Å². The lowest BCUT2D eigenvalue weighted by atomic mass is 10.1. The normalized spacial score (nSPS) is 23.2. The van der Waals surface area contributed by atoms with Crippen LogP contribution in [0.5, 0.6) is 0 Å². The van der Waals surface area contributed by atoms with E-state index in [1.54, 1.807) is 12.2 Å². The van der Waals surface area contributed by atoms with Crippen molar-refractivity contribution in [2.24, 2.45) is 0 Å². The van der Waals surface area contributed by atoms with E-state index in [1.807, 2.05) is 13.0 Å². The van der Waals surface area contributed by atoms with Crippen LogP contribution in [-0.4, -0.2) is 17.0 Å². The van der Waals surface area contributed by atoms with Gasteiger partial charge < -0.3 is 5.11 Å². The summed E-state index contributed by atoms with van der Waals surface area (Å²) in [7, 11) is 0. The summed E-state index contributed by atoms with van der Waals surface area (Å²) in [6, 6.07) is 0. The lowest BCUT2D eigenvalue weighted by Gasteiger charge is -1.99. The van der Waals surface area contributed by atoms with Crippen LogP contribution in [0.4, 0.5) is 0 Å². The molecule has 1 N–H and O–H groups in total. The van der Waals surface area contributed by atoms with Crippen LogP contribution in [0.25, 0.3) is 0 Å². The average Bonchev–Trinajstić information content (AvgIpc) is 2.32. The molecule has 1 atom stereocenters. The fourth-order valence-corrected chi connectivity index (χ4v) is 1.43. The first-order chi connectivity index (χ1) is 6.16. The minimum Gasteiger partial charge on any atom is -0.388 e. The zero-order valence-electron chi connectivity index (χ0n) is 7.79. The number of hydrogen-bond acceptors (Lipinski definition) is 2. The molecule has 0 bridgehead atoms. The summed E-state index contributed by atoms with van der Waals surface area (Å²) in [4.78, 5) is 11.3. The van der Waals surface area contributed by atoms with Gasteiger partial charge in [-0.25, -0.2) is 0 Å². The summed E-state index contributed by atoms with van der Waals surface area (Å²) >= 11 is 0. The molecule has 1 rings (SSSR count). The smallest absolute Gasteiger partial charge is 0.162 e. The van der Waals surface area contributed by atoms with Crippen LogP contribution in [0.1, 0.15) is 19.8 Å². The highest BCUT2D eigenvalue weighted by Crippen LogP contribution is 2.25. The molecule has 0 amide bonds. The van der Waals surface area contributed by atoms with Crippen LogP contribution >= 0.6 is 0 Å². The fourth-order valence-electron chi connectivity index (χ4n) is 1.43. The molecule has 0 saturated carbocycles. The molecule has 70 valence electrons. The highest BCUT2D eigenvalue weighted by Gasteiger charge is 2.26. The standard InChI is InChI=1S/C11H14O2/c1-3-4-5-6-9-8(2)10(12)7-11(9)13/h3-5,10,12H,1,6-7H2,2H3/b5-4-/t10-/m0/s1. The Morgan fingerprint density at radius 2 is 2.38 bits per heavy atom. The molecule has 13 heavy (non-hydrogen) atoms. The summed E-state index contributed by atoms with van der Waals surface area (Å²) in [5.41, 5.74) is 1.57. The largest absolute Gasteiger partial charge is 0.388 e. The highest BCUT2D eigenvalue weighted by atomic mass is 16.3. The molecule has 0 heterocycles. The summed E-state index contributed by atoms with van der Waals surface area (Å²) < 4.78 is 0. The van der Waals surface area contributed by atoms with Crippen molar-refractivity contribution in [3.8, 4) is 0 Å². The number of allylic oxidation sites excluding steroid dienone is 4. The Labute approximate surface area is 78.3 Å². The van der Waals surface area contributed by atoms with E-state index in [0.29, 0.717) is 6.42 Å². The van der Waals surface area contributed by atoms with Crippen LogP contribution in [-0.2, 0) is 4.79 Å². The summed E-state index contributed by atoms with van der Waals surface area (Å²) in [5.74, 6) is 0.0683. The summed E-state index contributed by atoms with van der Waals surface area (Å²) in [6.07, 6.45) is 5.66. The van der Waals surface area contributed by atoms with Crippen molar-refractivity contribution in [3.63, 3.8) is 0 Å². The Hall–Kier alpha value is -1.15. The van der Waals surface area contributed by atoms with Crippen molar-refractivity contribution in [3.05, 3.63) is 36.0 Å². The molecular weight excluding hydrogens is 164 g/mol. The van der Waals surface area contributed by atoms with Gasteiger partial charge >= 0.3 is 0 Å². The van der Waals surface area contributed by atoms with Gasteiger partial charge in [0.25, 0.3) is 0 Å². The molecule has 1 aliphatic carbocycles. The van der Waals surface area contributed by atoms with Crippen molar-refractivity contribution in [2.45, 2.75) is 25.9 Å². The van der Waals surface area contributed by atoms with E-state index in [-0.39, 0.29) is 12.2 Å². The lowest BCUT2D eigenvalue weighted by molar-refractivity contribution is -0.115. The molecule has 0 fully saturated rings. The Kier molecular flexibility index (Phi) is 3.20. The predicted molar refractivity (Wildman–Crippen MR) is 52.3 cm³/mol. The molecule has 0 radical (unpaired) electrons. The van der Waals surface area contributed by atoms with Crippen LogP contribution < -0.4 is 0 Å². The van der Waals surface area contributed by atoms with Gasteiger partial charge in [-0.15, -0.1) is 0 Å². The number of aliphatic hydroxyl groups excluding tert-OH is 1. The van der Waals surface area contributed by atoms with Gasteiger partial charge in [0.05, 0.1) is 6.10 Å². The number of Topliss-reactive ketones (excluding diaryl/α,β-unsaturated/α-hetero) is 1. The Balaban J connectivity index is 2.72. The monoisotopic (exact) mass is 178 g/mol. The minimum absolute atomic E-state index is 0.0683. The van der Waals surface area contributed by atoms with Crippen LogP contribution in [0, 0.1) is 0 Å². The van der Waals surface area contributed by atoms with E-state index in [9.17, 15) is 9.90 Å². The van der Waals surface area contributed by atoms with E-state index >= 15 is 0 Å². The highest BCUT2D eigenvalue weighted by molar-refractivity contribution is 5.99. The van der Waals surface area contributed by atoms with Gasteiger partial charge in [0, 0.05) is 12.0 Å². The number of hydrogen-bond donors (Lipinski definition) is 1. The third-order valence-corrected chi connectivity index (χ3v) is 2.29. The number of aliphatic hydroxyl groups is 1. The number of carbonyl (C=O) groups is 1. The molecule has 0 aromatic rings. The molecule has 0 aromatic carbocycles. The van der Waals surface area contributed by atoms with E-state index in [0.717, 1.165) is 11.1 Å². The van der Waals surface area contributed by atoms with Gasteiger partial charge in [-0.05, 0) is 18.9 Å². The number of rotatable bonds is 3. The van der Waals surface area contributed by atoms with E-state index in [2.05, 4.69) is 6.58 Å². The van der Waals surface area contributed by atoms with Gasteiger partial charge in [-0.1, -0.05) is 24.8 Å². The maximum atomic E-state index is 11.3. The maximum Gasteiger partial charge on any atom is 0.162 e. The molecular formula is C11H14O2. The molecule has 0 aromatic heterocycles. The van der Waals surface area contributed by atoms with Gasteiger partial charge in [0.2, 0.25) is 0 Å². The quantitative estimate of drug-likeness (QED) is 0.669. The zero-order chi connectivity index (χ0) is 9.84. The third kappa shape index (κ3) is 2.16. The van der Waals surface area contributed by atoms with Gasteiger partial charge in [0.1, 0.15) is 0 Å². The van der Waals surface area contributed by atoms with Crippen LogP contribution in [0.2, 0.25) is 0 Å². The first-order valence-corrected chi connectivity index (χ1v) is 4.35. The van der Waals surface area contributed by atoms with Crippen molar-refractivity contribution >= 4 is 5.78 Å². The van der Waals surface area contributed by atoms with E-state index in [4.69, 9.17) is 0 Å². The van der Waals surface area contributed by atoms with Gasteiger partial charge in [0.15, 0.2) is 5.78 Å². The number of ketones is 1. The maximum absolute atomic E-state index is 11.3. The second-order valence-electron chi connectivity index (χ2n) is 3.17. The Morgan fingerprint density at radius 1 is 1.69 bits per heavy atom. The first kappa shape index (κ1) is 9.93. The molecule has 0 unspecified atom stereocenters. The van der Waals surface area contributed by atoms with Crippen molar-refractivity contribution in [2.75, 3.05) is 0 Å². The second-order valence-corrected chi connectivity index (χ2v) is 3.17. The molecule has 0 aliphatic heterocycles. The number of carbonyl (C=O) groups excluding carboxylic acids is 1. The molecule has 0 saturated heterocycles. The van der Waals surface area contributed by atoms with Gasteiger partial charge in [-0.3, -0.25) is 4.79 Å². The van der Waals surface area contributed by atoms with Crippen molar-refractivity contribution < 1.29 is 9.90 Å². The van der Waals surface area contributed by atoms with E-state index < -0.39 is 6.10 Å². The topological polar surface area (TPSA) is 37.3 Å². The second kappa shape index (κ2) is 4.19. The summed E-state index contributed by atoms with van der Waals surface area (Å²) in [5, 5.41) is 9.37. The van der Waals surface area contributed by atoms with E-state index in [1.165, 1.54) is 0 Å². The third-order valence-electron chi connectivity index (χ3n) is 2.29. The Bertz CT molecular complexity index is 284. The molecule has 1 aliphatic rings. The van der Waals surface area contributed by atoms with Crippen molar-refractivity contribution in [1.82, 2.24) is 0 Å². The molecule has 2 nitrogen and oxygen atoms in total. The van der Waals surface area contributed by atoms with Crippen molar-refractivity contribution in [1.29, 1.82) is 0 Å². The lowest BCUT2D eigenvalue weighted by Crippen LogP contribution is -2.03. The SMILES string of the molecule is C=C/C=C\CC1=C(C)[C@@H](O)CC1=O. The summed E-state index contributed by atoms with van der Waals surface area (Å²) in [6.45, 7) is 5.35. The first-order valence-electron chi connectivity index (χ1n) is 4.35. The zero-order valence-corrected chi connectivity index (χ0v) is 7.79.